The minimum atomic E-state index is -0.716. The van der Waals surface area contributed by atoms with Crippen LogP contribution < -0.4 is 15.5 Å². The number of amides is 1. The highest BCUT2D eigenvalue weighted by atomic mass is 16.6. The largest absolute Gasteiger partial charge is 0.469 e. The van der Waals surface area contributed by atoms with Crippen LogP contribution in [0.15, 0.2) is 24.3 Å². The van der Waals surface area contributed by atoms with E-state index in [1.165, 1.54) is 7.11 Å². The summed E-state index contributed by atoms with van der Waals surface area (Å²) in [5, 5.41) is 15.8. The van der Waals surface area contributed by atoms with Gasteiger partial charge in [-0.05, 0) is 70.7 Å². The fraction of sp³-hybridized carbons (Fsp3) is 0.609. The van der Waals surface area contributed by atoms with Gasteiger partial charge >= 0.3 is 12.1 Å². The van der Waals surface area contributed by atoms with Gasteiger partial charge in [-0.25, -0.2) is 4.79 Å². The third-order valence-corrected chi connectivity index (χ3v) is 5.77. The van der Waals surface area contributed by atoms with Crippen molar-refractivity contribution in [2.75, 3.05) is 30.4 Å². The summed E-state index contributed by atoms with van der Waals surface area (Å²) in [6.07, 6.45) is 2.25. The molecule has 1 aliphatic carbocycles. The van der Waals surface area contributed by atoms with E-state index in [-0.39, 0.29) is 24.0 Å². The molecule has 2 N–H and O–H groups in total. The molecule has 8 nitrogen and oxygen atoms in total. The second kappa shape index (κ2) is 9.04. The molecule has 1 aliphatic heterocycles. The number of nitrogens with one attached hydrogen (secondary N) is 2. The monoisotopic (exact) mass is 428 g/mol. The van der Waals surface area contributed by atoms with Crippen molar-refractivity contribution in [2.24, 2.45) is 5.92 Å². The van der Waals surface area contributed by atoms with Crippen LogP contribution in [0.4, 0.5) is 16.2 Å². The van der Waals surface area contributed by atoms with E-state index in [0.717, 1.165) is 37.3 Å². The molecule has 0 aromatic heterocycles. The zero-order chi connectivity index (χ0) is 22.6. The molecule has 168 valence electrons. The lowest BCUT2D eigenvalue weighted by Gasteiger charge is -2.42. The maximum absolute atomic E-state index is 12.0. The van der Waals surface area contributed by atoms with Crippen LogP contribution in [0.25, 0.3) is 0 Å². The Balaban J connectivity index is 1.49. The number of alkyl carbamates (subject to hydrolysis) is 1. The van der Waals surface area contributed by atoms with E-state index >= 15 is 0 Å². The standard InChI is InChI=1S/C23H32N4O4/c1-22(2,3)31-21(29)25-17-9-11-27(12-10-17)19-7-5-18(6-8-19)26-23(15-24)13-16(14-23)20(28)30-4/h5-8,16-17,26H,9-14H2,1-4H3,(H,25,29). The molecule has 8 heteroatoms. The van der Waals surface area contributed by atoms with Crippen molar-refractivity contribution >= 4 is 23.4 Å². The van der Waals surface area contributed by atoms with Crippen molar-refractivity contribution < 1.29 is 19.1 Å². The molecule has 31 heavy (non-hydrogen) atoms. The Morgan fingerprint density at radius 3 is 2.29 bits per heavy atom. The van der Waals surface area contributed by atoms with Crippen LogP contribution >= 0.6 is 0 Å². The molecule has 1 aromatic rings. The van der Waals surface area contributed by atoms with E-state index in [2.05, 4.69) is 21.6 Å². The van der Waals surface area contributed by atoms with Crippen molar-refractivity contribution in [3.8, 4) is 6.07 Å². The van der Waals surface area contributed by atoms with Gasteiger partial charge < -0.3 is 25.0 Å². The van der Waals surface area contributed by atoms with E-state index in [0.29, 0.717) is 12.8 Å². The number of carbonyl (C=O) groups excluding carboxylic acids is 2. The van der Waals surface area contributed by atoms with Crippen LogP contribution in [0, 0.1) is 17.2 Å². The number of piperidine rings is 1. The number of hydrogen-bond donors (Lipinski definition) is 2. The van der Waals surface area contributed by atoms with Crippen LogP contribution in [0.5, 0.6) is 0 Å². The first-order valence-electron chi connectivity index (χ1n) is 10.7. The number of hydrogen-bond acceptors (Lipinski definition) is 7. The smallest absolute Gasteiger partial charge is 0.407 e. The summed E-state index contributed by atoms with van der Waals surface area (Å²) in [5.74, 6) is -0.473. The van der Waals surface area contributed by atoms with Crippen LogP contribution in [-0.2, 0) is 14.3 Å². The number of rotatable bonds is 5. The molecule has 0 bridgehead atoms. The number of esters is 1. The zero-order valence-electron chi connectivity index (χ0n) is 18.7. The van der Waals surface area contributed by atoms with E-state index in [9.17, 15) is 14.9 Å². The van der Waals surface area contributed by atoms with Crippen LogP contribution in [0.1, 0.15) is 46.5 Å². The zero-order valence-corrected chi connectivity index (χ0v) is 18.7. The summed E-state index contributed by atoms with van der Waals surface area (Å²) >= 11 is 0. The summed E-state index contributed by atoms with van der Waals surface area (Å²) in [5.41, 5.74) is 0.750. The molecule has 0 atom stereocenters. The molecule has 1 amide bonds. The first kappa shape index (κ1) is 22.7. The summed E-state index contributed by atoms with van der Waals surface area (Å²) in [6, 6.07) is 10.4. The second-order valence-electron chi connectivity index (χ2n) is 9.40. The molecule has 0 spiro atoms. The van der Waals surface area contributed by atoms with Gasteiger partial charge in [0.25, 0.3) is 0 Å². The van der Waals surface area contributed by atoms with E-state index < -0.39 is 11.1 Å². The minimum absolute atomic E-state index is 0.115. The number of anilines is 2. The van der Waals surface area contributed by atoms with Gasteiger partial charge in [-0.1, -0.05) is 0 Å². The van der Waals surface area contributed by atoms with Gasteiger partial charge in [0.1, 0.15) is 11.1 Å². The lowest BCUT2D eigenvalue weighted by atomic mass is 9.69. The van der Waals surface area contributed by atoms with E-state index in [1.807, 2.05) is 45.0 Å². The van der Waals surface area contributed by atoms with Crippen molar-refractivity contribution in [1.29, 1.82) is 5.26 Å². The Morgan fingerprint density at radius 2 is 1.77 bits per heavy atom. The van der Waals surface area contributed by atoms with Gasteiger partial charge in [-0.15, -0.1) is 0 Å². The van der Waals surface area contributed by atoms with Crippen LogP contribution in [0.2, 0.25) is 0 Å². The Labute approximate surface area is 183 Å². The maximum Gasteiger partial charge on any atom is 0.407 e. The van der Waals surface area contributed by atoms with Gasteiger partial charge in [-0.3, -0.25) is 4.79 Å². The quantitative estimate of drug-likeness (QED) is 0.693. The predicted molar refractivity (Wildman–Crippen MR) is 118 cm³/mol. The fourth-order valence-electron chi connectivity index (χ4n) is 4.12. The average molecular weight is 429 g/mol. The lowest BCUT2D eigenvalue weighted by molar-refractivity contribution is -0.149. The molecule has 1 heterocycles. The summed E-state index contributed by atoms with van der Waals surface area (Å²) < 4.78 is 10.1. The van der Waals surface area contributed by atoms with Gasteiger partial charge in [0.05, 0.1) is 19.1 Å². The highest BCUT2D eigenvalue weighted by Gasteiger charge is 2.48. The first-order chi connectivity index (χ1) is 14.6. The number of benzene rings is 1. The number of nitrogens with zero attached hydrogens (tertiary/aromatic N) is 2. The van der Waals surface area contributed by atoms with Crippen molar-refractivity contribution in [1.82, 2.24) is 5.32 Å². The second-order valence-corrected chi connectivity index (χ2v) is 9.40. The van der Waals surface area contributed by atoms with Crippen LogP contribution in [0.3, 0.4) is 0 Å². The van der Waals surface area contributed by atoms with Gasteiger partial charge in [0.15, 0.2) is 0 Å². The molecular weight excluding hydrogens is 396 g/mol. The Morgan fingerprint density at radius 1 is 1.16 bits per heavy atom. The highest BCUT2D eigenvalue weighted by Crippen LogP contribution is 2.41. The molecule has 0 unspecified atom stereocenters. The number of methoxy groups -OCH3 is 1. The summed E-state index contributed by atoms with van der Waals surface area (Å²) in [4.78, 5) is 25.9. The predicted octanol–water partition coefficient (Wildman–Crippen LogP) is 3.44. The number of carbonyl (C=O) groups is 2. The SMILES string of the molecule is COC(=O)C1CC(C#N)(Nc2ccc(N3CCC(NC(=O)OC(C)(C)C)CC3)cc2)C1. The molecule has 2 aliphatic rings. The van der Waals surface area contributed by atoms with Crippen molar-refractivity contribution in [2.45, 2.75) is 63.6 Å². The normalized spacial score (nSPS) is 23.8. The number of nitriles is 1. The minimum Gasteiger partial charge on any atom is -0.469 e. The lowest BCUT2D eigenvalue weighted by Crippen LogP contribution is -2.51. The van der Waals surface area contributed by atoms with Crippen molar-refractivity contribution in [3.05, 3.63) is 24.3 Å². The molecule has 1 aromatic carbocycles. The topological polar surface area (TPSA) is 104 Å². The fourth-order valence-corrected chi connectivity index (χ4v) is 4.12. The van der Waals surface area contributed by atoms with E-state index in [1.54, 1.807) is 0 Å². The van der Waals surface area contributed by atoms with E-state index in [4.69, 9.17) is 9.47 Å². The Bertz CT molecular complexity index is 827. The van der Waals surface area contributed by atoms with Crippen LogP contribution in [-0.4, -0.2) is 49.4 Å². The third-order valence-electron chi connectivity index (χ3n) is 5.77. The van der Waals surface area contributed by atoms with Crippen molar-refractivity contribution in [3.63, 3.8) is 0 Å². The summed E-state index contributed by atoms with van der Waals surface area (Å²) in [7, 11) is 1.37. The molecule has 3 rings (SSSR count). The molecule has 1 saturated heterocycles. The highest BCUT2D eigenvalue weighted by molar-refractivity contribution is 5.75. The molecule has 1 saturated carbocycles. The van der Waals surface area contributed by atoms with Gasteiger partial charge in [0, 0.05) is 30.5 Å². The summed E-state index contributed by atoms with van der Waals surface area (Å²) in [6.45, 7) is 7.25. The molecular formula is C23H32N4O4. The third kappa shape index (κ3) is 5.81. The van der Waals surface area contributed by atoms with Gasteiger partial charge in [0.2, 0.25) is 0 Å². The van der Waals surface area contributed by atoms with Gasteiger partial charge in [-0.2, -0.15) is 5.26 Å². The maximum atomic E-state index is 12.0. The Kier molecular flexibility index (Phi) is 6.63. The average Bonchev–Trinajstić information content (AvgIpc) is 2.69. The Hall–Kier alpha value is -2.95. The number of ether oxygens (including phenoxy) is 2. The molecule has 2 fully saturated rings. The first-order valence-corrected chi connectivity index (χ1v) is 10.7. The molecule has 0 radical (unpaired) electrons.